The molecule has 0 aliphatic heterocycles. The minimum atomic E-state index is -3.20. The Hall–Kier alpha value is -1.31. The van der Waals surface area contributed by atoms with E-state index in [0.717, 1.165) is 28.4 Å². The zero-order chi connectivity index (χ0) is 13.9. The van der Waals surface area contributed by atoms with E-state index in [1.807, 2.05) is 6.07 Å². The second kappa shape index (κ2) is 5.77. The lowest BCUT2D eigenvalue weighted by Gasteiger charge is -2.00. The van der Waals surface area contributed by atoms with Crippen molar-refractivity contribution in [1.82, 2.24) is 10.2 Å². The first kappa shape index (κ1) is 14.1. The van der Waals surface area contributed by atoms with E-state index in [0.29, 0.717) is 11.4 Å². The van der Waals surface area contributed by atoms with Crippen LogP contribution in [0.5, 0.6) is 0 Å². The Bertz CT molecular complexity index is 665. The van der Waals surface area contributed by atoms with Gasteiger partial charge in [0.2, 0.25) is 0 Å². The van der Waals surface area contributed by atoms with E-state index >= 15 is 0 Å². The Balaban J connectivity index is 2.29. The molecule has 2 aromatic rings. The first-order valence-corrected chi connectivity index (χ1v) is 8.54. The van der Waals surface area contributed by atoms with Crippen LogP contribution in [0.1, 0.15) is 11.4 Å². The van der Waals surface area contributed by atoms with E-state index in [1.54, 1.807) is 18.2 Å². The van der Waals surface area contributed by atoms with Gasteiger partial charge in [-0.05, 0) is 25.1 Å². The van der Waals surface area contributed by atoms with Gasteiger partial charge in [0.1, 0.15) is 10.0 Å². The van der Waals surface area contributed by atoms with Crippen LogP contribution >= 0.6 is 11.3 Å². The first-order chi connectivity index (χ1) is 9.00. The van der Waals surface area contributed by atoms with Gasteiger partial charge in [-0.2, -0.15) is 0 Å². The lowest BCUT2D eigenvalue weighted by atomic mass is 10.2. The van der Waals surface area contributed by atoms with Crippen molar-refractivity contribution in [3.8, 4) is 10.6 Å². The summed E-state index contributed by atoms with van der Waals surface area (Å²) in [5, 5.41) is 9.84. The highest BCUT2D eigenvalue weighted by molar-refractivity contribution is 7.90. The average molecular weight is 297 g/mol. The number of nitrogens with zero attached hydrogens (tertiary/aromatic N) is 2. The normalized spacial score (nSPS) is 11.7. The molecule has 0 saturated heterocycles. The molecular formula is C12H15N3O2S2. The molecule has 0 radical (unpaired) electrons. The highest BCUT2D eigenvalue weighted by atomic mass is 32.2. The highest BCUT2D eigenvalue weighted by Crippen LogP contribution is 2.26. The van der Waals surface area contributed by atoms with E-state index in [2.05, 4.69) is 10.2 Å². The van der Waals surface area contributed by atoms with E-state index in [-0.39, 0.29) is 0 Å². The minimum absolute atomic E-state index is 0.295. The quantitative estimate of drug-likeness (QED) is 0.904. The van der Waals surface area contributed by atoms with Crippen molar-refractivity contribution in [2.45, 2.75) is 17.7 Å². The van der Waals surface area contributed by atoms with Crippen LogP contribution in [0.2, 0.25) is 0 Å². The van der Waals surface area contributed by atoms with Crippen LogP contribution in [-0.2, 0) is 16.3 Å². The Morgan fingerprint density at radius 2 is 2.11 bits per heavy atom. The van der Waals surface area contributed by atoms with Crippen molar-refractivity contribution in [2.75, 3.05) is 12.8 Å². The Labute approximate surface area is 116 Å². The number of hydrogen-bond acceptors (Lipinski definition) is 6. The van der Waals surface area contributed by atoms with Crippen molar-refractivity contribution >= 4 is 21.2 Å². The second-order valence-electron chi connectivity index (χ2n) is 4.19. The fraction of sp³-hybridized carbons (Fsp3) is 0.333. The third-order valence-electron chi connectivity index (χ3n) is 2.57. The summed E-state index contributed by atoms with van der Waals surface area (Å²) >= 11 is 1.47. The van der Waals surface area contributed by atoms with Crippen molar-refractivity contribution in [3.63, 3.8) is 0 Å². The maximum Gasteiger partial charge on any atom is 0.175 e. The van der Waals surface area contributed by atoms with E-state index in [4.69, 9.17) is 5.73 Å². The first-order valence-electron chi connectivity index (χ1n) is 5.83. The molecule has 0 aliphatic rings. The van der Waals surface area contributed by atoms with E-state index in [9.17, 15) is 8.42 Å². The molecule has 0 aliphatic carbocycles. The summed E-state index contributed by atoms with van der Waals surface area (Å²) in [6, 6.07) is 6.76. The predicted molar refractivity (Wildman–Crippen MR) is 75.8 cm³/mol. The summed E-state index contributed by atoms with van der Waals surface area (Å²) in [5.41, 5.74) is 6.23. The topological polar surface area (TPSA) is 85.9 Å². The zero-order valence-corrected chi connectivity index (χ0v) is 12.2. The number of aryl methyl sites for hydroxylation is 1. The fourth-order valence-electron chi connectivity index (χ4n) is 1.58. The second-order valence-corrected chi connectivity index (χ2v) is 7.27. The maximum atomic E-state index is 11.5. The summed E-state index contributed by atoms with van der Waals surface area (Å²) in [7, 11) is -3.20. The lowest BCUT2D eigenvalue weighted by molar-refractivity contribution is 0.602. The molecule has 0 fully saturated rings. The third-order valence-corrected chi connectivity index (χ3v) is 4.71. The Kier molecular flexibility index (Phi) is 4.28. The van der Waals surface area contributed by atoms with Crippen LogP contribution in [0.3, 0.4) is 0 Å². The molecule has 0 bridgehead atoms. The molecule has 7 heteroatoms. The Morgan fingerprint density at radius 3 is 2.79 bits per heavy atom. The molecule has 0 saturated carbocycles. The largest absolute Gasteiger partial charge is 0.330 e. The number of aromatic nitrogens is 2. The highest BCUT2D eigenvalue weighted by Gasteiger charge is 2.11. The lowest BCUT2D eigenvalue weighted by Crippen LogP contribution is -1.99. The molecule has 0 spiro atoms. The van der Waals surface area contributed by atoms with Gasteiger partial charge in [0.15, 0.2) is 9.84 Å². The molecule has 102 valence electrons. The molecule has 1 heterocycles. The van der Waals surface area contributed by atoms with Gasteiger partial charge in [-0.3, -0.25) is 0 Å². The Morgan fingerprint density at radius 1 is 1.32 bits per heavy atom. The average Bonchev–Trinajstić information content (AvgIpc) is 2.84. The number of nitrogens with two attached hydrogens (primary N) is 1. The summed E-state index contributed by atoms with van der Waals surface area (Å²) in [6.07, 6.45) is 2.87. The van der Waals surface area contributed by atoms with Gasteiger partial charge < -0.3 is 5.73 Å². The molecule has 19 heavy (non-hydrogen) atoms. The maximum absolute atomic E-state index is 11.5. The van der Waals surface area contributed by atoms with Crippen LogP contribution in [0.25, 0.3) is 10.6 Å². The standard InChI is InChI=1S/C12H15N3O2S2/c1-19(16,17)10-5-2-4-9(8-10)12-15-14-11(18-12)6-3-7-13/h2,4-5,8H,3,6-7,13H2,1H3. The molecule has 2 rings (SSSR count). The van der Waals surface area contributed by atoms with Crippen LogP contribution in [0, 0.1) is 0 Å². The van der Waals surface area contributed by atoms with Gasteiger partial charge in [0, 0.05) is 18.2 Å². The van der Waals surface area contributed by atoms with E-state index in [1.165, 1.54) is 17.6 Å². The monoisotopic (exact) mass is 297 g/mol. The zero-order valence-electron chi connectivity index (χ0n) is 10.5. The van der Waals surface area contributed by atoms with Crippen molar-refractivity contribution in [2.24, 2.45) is 5.73 Å². The molecular weight excluding hydrogens is 282 g/mol. The molecule has 0 unspecified atom stereocenters. The number of hydrogen-bond donors (Lipinski definition) is 1. The molecule has 1 aromatic carbocycles. The molecule has 0 atom stereocenters. The van der Waals surface area contributed by atoms with Gasteiger partial charge in [0.05, 0.1) is 4.90 Å². The molecule has 2 N–H and O–H groups in total. The summed E-state index contributed by atoms with van der Waals surface area (Å²) < 4.78 is 23.0. The summed E-state index contributed by atoms with van der Waals surface area (Å²) in [6.45, 7) is 0.623. The van der Waals surface area contributed by atoms with Crippen molar-refractivity contribution in [1.29, 1.82) is 0 Å². The van der Waals surface area contributed by atoms with Gasteiger partial charge in [-0.15, -0.1) is 10.2 Å². The number of sulfone groups is 1. The molecule has 0 amide bonds. The summed E-state index contributed by atoms with van der Waals surface area (Å²) in [4.78, 5) is 0.295. The SMILES string of the molecule is CS(=O)(=O)c1cccc(-c2nnc(CCCN)s2)c1. The third kappa shape index (κ3) is 3.59. The predicted octanol–water partition coefficient (Wildman–Crippen LogP) is 1.50. The van der Waals surface area contributed by atoms with Crippen molar-refractivity contribution in [3.05, 3.63) is 29.3 Å². The summed E-state index contributed by atoms with van der Waals surface area (Å²) in [5.74, 6) is 0. The van der Waals surface area contributed by atoms with Crippen LogP contribution < -0.4 is 5.73 Å². The van der Waals surface area contributed by atoms with Crippen LogP contribution in [-0.4, -0.2) is 31.4 Å². The van der Waals surface area contributed by atoms with Gasteiger partial charge in [0.25, 0.3) is 0 Å². The number of benzene rings is 1. The van der Waals surface area contributed by atoms with Crippen molar-refractivity contribution < 1.29 is 8.42 Å². The molecule has 5 nitrogen and oxygen atoms in total. The number of rotatable bonds is 5. The smallest absolute Gasteiger partial charge is 0.175 e. The van der Waals surface area contributed by atoms with Gasteiger partial charge in [-0.25, -0.2) is 8.42 Å². The van der Waals surface area contributed by atoms with E-state index < -0.39 is 9.84 Å². The fourth-order valence-corrected chi connectivity index (χ4v) is 3.13. The van der Waals surface area contributed by atoms with Crippen LogP contribution in [0.4, 0.5) is 0 Å². The molecule has 1 aromatic heterocycles. The van der Waals surface area contributed by atoms with Crippen LogP contribution in [0.15, 0.2) is 29.2 Å². The van der Waals surface area contributed by atoms with Gasteiger partial charge >= 0.3 is 0 Å². The van der Waals surface area contributed by atoms with Gasteiger partial charge in [-0.1, -0.05) is 23.5 Å². The minimum Gasteiger partial charge on any atom is -0.330 e.